The van der Waals surface area contributed by atoms with Crippen LogP contribution in [-0.4, -0.2) is 60.7 Å². The molecule has 4 aromatic rings. The summed E-state index contributed by atoms with van der Waals surface area (Å²) in [6.45, 7) is 7.86. The highest BCUT2D eigenvalue weighted by molar-refractivity contribution is 7.89. The Morgan fingerprint density at radius 1 is 0.927 bits per heavy atom. The Bertz CT molecular complexity index is 1680. The van der Waals surface area contributed by atoms with Crippen LogP contribution >= 0.6 is 0 Å². The Kier molecular flexibility index (Phi) is 8.99. The maximum absolute atomic E-state index is 13.4. The summed E-state index contributed by atoms with van der Waals surface area (Å²) >= 11 is 0. The molecular formula is C33H38N2O5S. The van der Waals surface area contributed by atoms with E-state index in [4.69, 9.17) is 0 Å². The largest absolute Gasteiger partial charge is 0.478 e. The van der Waals surface area contributed by atoms with E-state index in [0.717, 1.165) is 17.5 Å². The van der Waals surface area contributed by atoms with Gasteiger partial charge >= 0.3 is 5.97 Å². The van der Waals surface area contributed by atoms with E-state index in [1.807, 2.05) is 19.1 Å². The van der Waals surface area contributed by atoms with Crippen LogP contribution in [0, 0.1) is 13.8 Å². The third-order valence-corrected chi connectivity index (χ3v) is 9.43. The number of aliphatic hydroxyl groups excluding tert-OH is 1. The number of hydrogen-bond acceptors (Lipinski definition) is 5. The SMILES string of the molecule is Cc1c(C(=O)O)ccc(-c2cccc(S(=O)(=O)N(C)CC(O)CNC(C)(C)Cc3ccc4ccccc4c3)c2)c1C. The molecule has 4 aromatic carbocycles. The van der Waals surface area contributed by atoms with Crippen molar-refractivity contribution in [3.05, 3.63) is 101 Å². The molecule has 8 heteroatoms. The number of hydrogen-bond donors (Lipinski definition) is 3. The molecule has 0 aromatic heterocycles. The first-order valence-electron chi connectivity index (χ1n) is 13.6. The number of benzene rings is 4. The molecule has 1 unspecified atom stereocenters. The van der Waals surface area contributed by atoms with Crippen LogP contribution < -0.4 is 5.32 Å². The van der Waals surface area contributed by atoms with E-state index in [0.29, 0.717) is 11.1 Å². The van der Waals surface area contributed by atoms with Gasteiger partial charge in [-0.25, -0.2) is 13.2 Å². The number of carboxylic acids is 1. The summed E-state index contributed by atoms with van der Waals surface area (Å²) in [7, 11) is -2.42. The highest BCUT2D eigenvalue weighted by Crippen LogP contribution is 2.30. The lowest BCUT2D eigenvalue weighted by molar-refractivity contribution is 0.0696. The van der Waals surface area contributed by atoms with Crippen LogP contribution in [0.3, 0.4) is 0 Å². The summed E-state index contributed by atoms with van der Waals surface area (Å²) in [6, 6.07) is 24.4. The maximum Gasteiger partial charge on any atom is 0.335 e. The first kappa shape index (κ1) is 30.4. The minimum atomic E-state index is -3.88. The summed E-state index contributed by atoms with van der Waals surface area (Å²) in [5.74, 6) is -1.000. The van der Waals surface area contributed by atoms with E-state index in [9.17, 15) is 23.4 Å². The van der Waals surface area contributed by atoms with Crippen LogP contribution in [0.1, 0.15) is 40.9 Å². The van der Waals surface area contributed by atoms with Gasteiger partial charge in [-0.3, -0.25) is 0 Å². The number of aliphatic hydroxyl groups is 1. The molecule has 0 amide bonds. The maximum atomic E-state index is 13.4. The van der Waals surface area contributed by atoms with Gasteiger partial charge in [-0.15, -0.1) is 0 Å². The first-order valence-corrected chi connectivity index (χ1v) is 15.0. The molecule has 1 atom stereocenters. The number of fused-ring (bicyclic) bond motifs is 1. The van der Waals surface area contributed by atoms with E-state index in [-0.39, 0.29) is 29.1 Å². The number of sulfonamides is 1. The van der Waals surface area contributed by atoms with Crippen molar-refractivity contribution in [2.75, 3.05) is 20.1 Å². The van der Waals surface area contributed by atoms with Gasteiger partial charge in [0.1, 0.15) is 0 Å². The molecule has 0 saturated heterocycles. The van der Waals surface area contributed by atoms with Crippen molar-refractivity contribution in [3.63, 3.8) is 0 Å². The predicted octanol–water partition coefficient (Wildman–Crippen LogP) is 5.41. The van der Waals surface area contributed by atoms with Crippen molar-refractivity contribution >= 4 is 26.8 Å². The summed E-state index contributed by atoms with van der Waals surface area (Å²) in [4.78, 5) is 11.6. The summed E-state index contributed by atoms with van der Waals surface area (Å²) in [5.41, 5.74) is 3.94. The van der Waals surface area contributed by atoms with Gasteiger partial charge in [0.25, 0.3) is 0 Å². The highest BCUT2D eigenvalue weighted by atomic mass is 32.2. The molecule has 7 nitrogen and oxygen atoms in total. The van der Waals surface area contributed by atoms with E-state index in [1.54, 1.807) is 31.2 Å². The Hall–Kier alpha value is -3.56. The minimum absolute atomic E-state index is 0.0724. The number of β-amino-alcohol motifs (C(OH)–C–C–N with tert-alkyl or cyclic N) is 1. The molecule has 0 saturated carbocycles. The molecular weight excluding hydrogens is 536 g/mol. The molecule has 4 rings (SSSR count). The number of aromatic carboxylic acids is 1. The molecule has 0 radical (unpaired) electrons. The lowest BCUT2D eigenvalue weighted by atomic mass is 9.93. The average Bonchev–Trinajstić information content (AvgIpc) is 2.93. The zero-order valence-corrected chi connectivity index (χ0v) is 25.0. The highest BCUT2D eigenvalue weighted by Gasteiger charge is 2.26. The Morgan fingerprint density at radius 2 is 1.63 bits per heavy atom. The van der Waals surface area contributed by atoms with Crippen LogP contribution in [0.4, 0.5) is 0 Å². The van der Waals surface area contributed by atoms with Gasteiger partial charge in [-0.05, 0) is 90.9 Å². The van der Waals surface area contributed by atoms with Crippen molar-refractivity contribution in [2.24, 2.45) is 0 Å². The fourth-order valence-corrected chi connectivity index (χ4v) is 6.40. The molecule has 0 aliphatic heterocycles. The number of carboxylic acid groups (broad SMARTS) is 1. The molecule has 0 fully saturated rings. The number of rotatable bonds is 11. The third-order valence-electron chi connectivity index (χ3n) is 7.61. The van der Waals surface area contributed by atoms with Crippen LogP contribution in [0.5, 0.6) is 0 Å². The van der Waals surface area contributed by atoms with Gasteiger partial charge < -0.3 is 15.5 Å². The van der Waals surface area contributed by atoms with Gasteiger partial charge in [-0.1, -0.05) is 60.7 Å². The monoisotopic (exact) mass is 574 g/mol. The van der Waals surface area contributed by atoms with Gasteiger partial charge in [0.2, 0.25) is 10.0 Å². The van der Waals surface area contributed by atoms with Crippen LogP contribution in [0.25, 0.3) is 21.9 Å². The van der Waals surface area contributed by atoms with Crippen LogP contribution in [0.15, 0.2) is 83.8 Å². The zero-order valence-electron chi connectivity index (χ0n) is 24.2. The van der Waals surface area contributed by atoms with E-state index in [2.05, 4.69) is 49.5 Å². The average molecular weight is 575 g/mol. The van der Waals surface area contributed by atoms with Gasteiger partial charge in [0, 0.05) is 25.7 Å². The zero-order chi connectivity index (χ0) is 29.9. The molecule has 216 valence electrons. The smallest absolute Gasteiger partial charge is 0.335 e. The van der Waals surface area contributed by atoms with E-state index < -0.39 is 22.1 Å². The summed E-state index contributed by atoms with van der Waals surface area (Å²) in [6.07, 6.45) is -0.167. The number of nitrogens with one attached hydrogen (secondary N) is 1. The Labute approximate surface area is 242 Å². The van der Waals surface area contributed by atoms with Gasteiger partial charge in [0.15, 0.2) is 0 Å². The van der Waals surface area contributed by atoms with E-state index >= 15 is 0 Å². The topological polar surface area (TPSA) is 107 Å². The lowest BCUT2D eigenvalue weighted by Gasteiger charge is -2.29. The summed E-state index contributed by atoms with van der Waals surface area (Å²) < 4.78 is 28.0. The molecule has 0 spiro atoms. The fraction of sp³-hybridized carbons (Fsp3) is 0.303. The lowest BCUT2D eigenvalue weighted by Crippen LogP contribution is -2.47. The van der Waals surface area contributed by atoms with Crippen LogP contribution in [-0.2, 0) is 16.4 Å². The minimum Gasteiger partial charge on any atom is -0.478 e. The summed E-state index contributed by atoms with van der Waals surface area (Å²) in [5, 5.41) is 25.9. The third kappa shape index (κ3) is 7.02. The van der Waals surface area contributed by atoms with Crippen molar-refractivity contribution in [1.82, 2.24) is 9.62 Å². The molecule has 41 heavy (non-hydrogen) atoms. The fourth-order valence-electron chi connectivity index (χ4n) is 5.14. The van der Waals surface area contributed by atoms with Crippen molar-refractivity contribution in [3.8, 4) is 11.1 Å². The Morgan fingerprint density at radius 3 is 2.34 bits per heavy atom. The molecule has 0 aliphatic rings. The molecule has 0 bridgehead atoms. The molecule has 0 heterocycles. The molecule has 3 N–H and O–H groups in total. The predicted molar refractivity (Wildman–Crippen MR) is 164 cm³/mol. The first-order chi connectivity index (χ1) is 19.3. The number of likely N-dealkylation sites (N-methyl/N-ethyl adjacent to an activating group) is 1. The quantitative estimate of drug-likeness (QED) is 0.221. The van der Waals surface area contributed by atoms with Gasteiger partial charge in [-0.2, -0.15) is 4.31 Å². The molecule has 0 aliphatic carbocycles. The number of nitrogens with zero attached hydrogens (tertiary/aromatic N) is 1. The number of carbonyl (C=O) groups is 1. The normalized spacial score (nSPS) is 13.0. The van der Waals surface area contributed by atoms with Crippen molar-refractivity contribution in [2.45, 2.75) is 50.7 Å². The van der Waals surface area contributed by atoms with Crippen molar-refractivity contribution < 1.29 is 23.4 Å². The van der Waals surface area contributed by atoms with Gasteiger partial charge in [0.05, 0.1) is 16.6 Å². The van der Waals surface area contributed by atoms with Crippen molar-refractivity contribution in [1.29, 1.82) is 0 Å². The van der Waals surface area contributed by atoms with Crippen LogP contribution in [0.2, 0.25) is 0 Å². The standard InChI is InChI=1S/C33H38N2O5S/c1-22-23(2)31(32(37)38)16-15-30(22)27-11-8-12-29(18-27)41(39,40)35(5)21-28(36)20-34-33(3,4)19-24-13-14-25-9-6-7-10-26(25)17-24/h6-18,28,34,36H,19-21H2,1-5H3,(H,37,38). The Balaban J connectivity index is 1.41. The second-order valence-electron chi connectivity index (χ2n) is 11.3. The van der Waals surface area contributed by atoms with E-state index in [1.165, 1.54) is 39.8 Å². The second-order valence-corrected chi connectivity index (χ2v) is 13.4. The second kappa shape index (κ2) is 12.1.